The van der Waals surface area contributed by atoms with Gasteiger partial charge < -0.3 is 49.6 Å². The molecule has 236 valence electrons. The topological polar surface area (TPSA) is 174 Å². The van der Waals surface area contributed by atoms with Crippen molar-refractivity contribution in [1.29, 1.82) is 0 Å². The largest absolute Gasteiger partial charge is 0.475 e. The monoisotopic (exact) mass is 598 g/mol. The van der Waals surface area contributed by atoms with E-state index in [1.165, 1.54) is 0 Å². The first-order valence-electron chi connectivity index (χ1n) is 13.4. The lowest BCUT2D eigenvalue weighted by atomic mass is 9.91. The highest BCUT2D eigenvalue weighted by atomic mass is 19.4. The Hall–Kier alpha value is -2.50. The number of carbonyl (C=O) groups is 1. The van der Waals surface area contributed by atoms with Gasteiger partial charge in [-0.1, -0.05) is 13.3 Å². The van der Waals surface area contributed by atoms with E-state index in [9.17, 15) is 33.3 Å². The first-order valence-corrected chi connectivity index (χ1v) is 13.4. The van der Waals surface area contributed by atoms with Crippen molar-refractivity contribution in [2.75, 3.05) is 51.5 Å². The number of carbonyl (C=O) groups excluding carboxylic acids is 1. The highest BCUT2D eigenvalue weighted by Gasteiger charge is 2.44. The third-order valence-electron chi connectivity index (χ3n) is 5.66. The van der Waals surface area contributed by atoms with Crippen molar-refractivity contribution in [2.45, 2.75) is 82.8 Å². The zero-order valence-electron chi connectivity index (χ0n) is 23.6. The standard InChI is InChI=1S/C25H41F3N4O9/c1-5-6-15-19(21(35)20(34)16(14-33)40-15)32-22-30-17(25(26,27)28)13-18(31-22)39-12-11-38-10-9-37-8-7-29-23(36)41-24(2,3)4/h13,15-16,19-21,33-35H,5-12,14H2,1-4H3,(H,29,36)(H,30,31,32)/t15-,16-,19+,20+,21-/m1/s1. The van der Waals surface area contributed by atoms with E-state index < -0.39 is 66.6 Å². The molecule has 1 saturated heterocycles. The number of alkyl halides is 3. The van der Waals surface area contributed by atoms with Crippen LogP contribution >= 0.6 is 0 Å². The lowest BCUT2D eigenvalue weighted by Crippen LogP contribution is -2.61. The van der Waals surface area contributed by atoms with Gasteiger partial charge in [-0.3, -0.25) is 0 Å². The quantitative estimate of drug-likeness (QED) is 0.184. The lowest BCUT2D eigenvalue weighted by Gasteiger charge is -2.42. The molecule has 2 heterocycles. The van der Waals surface area contributed by atoms with E-state index in [4.69, 9.17) is 23.7 Å². The predicted octanol–water partition coefficient (Wildman–Crippen LogP) is 1.49. The molecule has 1 aliphatic rings. The first kappa shape index (κ1) is 34.7. The molecule has 0 aliphatic carbocycles. The summed E-state index contributed by atoms with van der Waals surface area (Å²) in [7, 11) is 0. The van der Waals surface area contributed by atoms with Gasteiger partial charge in [0.05, 0.1) is 45.2 Å². The van der Waals surface area contributed by atoms with E-state index in [0.717, 1.165) is 0 Å². The molecule has 5 atom stereocenters. The van der Waals surface area contributed by atoms with Crippen LogP contribution < -0.4 is 15.4 Å². The number of amides is 1. The Labute approximate surface area is 236 Å². The van der Waals surface area contributed by atoms with Gasteiger partial charge in [-0.15, -0.1) is 0 Å². The van der Waals surface area contributed by atoms with Crippen molar-refractivity contribution in [1.82, 2.24) is 15.3 Å². The fourth-order valence-corrected chi connectivity index (χ4v) is 3.83. The fraction of sp³-hybridized carbons (Fsp3) is 0.800. The number of ether oxygens (including phenoxy) is 5. The molecule has 16 heteroatoms. The summed E-state index contributed by atoms with van der Waals surface area (Å²) >= 11 is 0. The summed E-state index contributed by atoms with van der Waals surface area (Å²) in [5.74, 6) is -0.859. The van der Waals surface area contributed by atoms with Crippen LogP contribution in [-0.4, -0.2) is 114 Å². The normalized spacial score (nSPS) is 23.2. The molecule has 0 bridgehead atoms. The van der Waals surface area contributed by atoms with Crippen molar-refractivity contribution in [2.24, 2.45) is 0 Å². The van der Waals surface area contributed by atoms with Crippen molar-refractivity contribution in [3.63, 3.8) is 0 Å². The van der Waals surface area contributed by atoms with Crippen LogP contribution in [0, 0.1) is 0 Å². The minimum atomic E-state index is -4.81. The molecule has 0 unspecified atom stereocenters. The fourth-order valence-electron chi connectivity index (χ4n) is 3.83. The number of nitrogens with one attached hydrogen (secondary N) is 2. The van der Waals surface area contributed by atoms with Crippen molar-refractivity contribution >= 4 is 12.0 Å². The van der Waals surface area contributed by atoms with Gasteiger partial charge in [-0.25, -0.2) is 9.78 Å². The third kappa shape index (κ3) is 12.1. The average Bonchev–Trinajstić information content (AvgIpc) is 2.87. The molecular formula is C25H41F3N4O9. The summed E-state index contributed by atoms with van der Waals surface area (Å²) in [5, 5.41) is 35.5. The van der Waals surface area contributed by atoms with E-state index >= 15 is 0 Å². The van der Waals surface area contributed by atoms with Crippen molar-refractivity contribution in [3.05, 3.63) is 11.8 Å². The van der Waals surface area contributed by atoms with Gasteiger partial charge in [0, 0.05) is 12.6 Å². The SMILES string of the molecule is CCC[C@H]1O[C@H](CO)[C@H](O)[C@H](O)[C@H]1Nc1nc(OCCOCCOCCNC(=O)OC(C)(C)C)cc(C(F)(F)F)n1. The molecule has 41 heavy (non-hydrogen) atoms. The van der Waals surface area contributed by atoms with Crippen LogP contribution in [-0.2, 0) is 25.1 Å². The van der Waals surface area contributed by atoms with E-state index in [2.05, 4.69) is 20.6 Å². The molecule has 2 rings (SSSR count). The smallest absolute Gasteiger partial charge is 0.433 e. The van der Waals surface area contributed by atoms with E-state index in [0.29, 0.717) is 18.9 Å². The molecule has 0 saturated carbocycles. The first-order chi connectivity index (χ1) is 19.2. The van der Waals surface area contributed by atoms with Crippen LogP contribution in [0.15, 0.2) is 6.07 Å². The van der Waals surface area contributed by atoms with Crippen LogP contribution in [0.5, 0.6) is 5.88 Å². The number of hydrogen-bond acceptors (Lipinski definition) is 12. The number of hydrogen-bond donors (Lipinski definition) is 5. The molecule has 0 radical (unpaired) electrons. The van der Waals surface area contributed by atoms with E-state index in [-0.39, 0.29) is 45.5 Å². The maximum Gasteiger partial charge on any atom is 0.433 e. The number of halogens is 3. The van der Waals surface area contributed by atoms with Crippen LogP contribution in [0.4, 0.5) is 23.9 Å². The number of aromatic nitrogens is 2. The Morgan fingerprint density at radius 2 is 1.68 bits per heavy atom. The molecule has 1 aromatic rings. The number of nitrogens with zero attached hydrogens (tertiary/aromatic N) is 2. The molecular weight excluding hydrogens is 557 g/mol. The third-order valence-corrected chi connectivity index (χ3v) is 5.66. The summed E-state index contributed by atoms with van der Waals surface area (Å²) < 4.78 is 67.3. The van der Waals surface area contributed by atoms with Gasteiger partial charge in [-0.2, -0.15) is 18.2 Å². The van der Waals surface area contributed by atoms with Gasteiger partial charge in [0.2, 0.25) is 11.8 Å². The average molecular weight is 599 g/mol. The maximum atomic E-state index is 13.5. The van der Waals surface area contributed by atoms with Gasteiger partial charge in [-0.05, 0) is 27.2 Å². The minimum absolute atomic E-state index is 0.0239. The molecule has 1 aromatic heterocycles. The molecule has 1 aliphatic heterocycles. The second-order valence-corrected chi connectivity index (χ2v) is 10.3. The Bertz CT molecular complexity index is 937. The Morgan fingerprint density at radius 1 is 1.02 bits per heavy atom. The number of aliphatic hydroxyl groups is 3. The van der Waals surface area contributed by atoms with E-state index in [1.807, 2.05) is 6.92 Å². The molecule has 13 nitrogen and oxygen atoms in total. The minimum Gasteiger partial charge on any atom is -0.475 e. The molecule has 0 spiro atoms. The summed E-state index contributed by atoms with van der Waals surface area (Å²) in [4.78, 5) is 19.0. The van der Waals surface area contributed by atoms with E-state index in [1.54, 1.807) is 20.8 Å². The van der Waals surface area contributed by atoms with Gasteiger partial charge in [0.15, 0.2) is 5.69 Å². The van der Waals surface area contributed by atoms with Crippen molar-refractivity contribution < 1.29 is 57.0 Å². The number of alkyl carbamates (subject to hydrolysis) is 1. The Morgan fingerprint density at radius 3 is 2.29 bits per heavy atom. The number of aliphatic hydroxyl groups excluding tert-OH is 3. The predicted molar refractivity (Wildman–Crippen MR) is 138 cm³/mol. The molecule has 0 aromatic carbocycles. The lowest BCUT2D eigenvalue weighted by molar-refractivity contribution is -0.186. The van der Waals surface area contributed by atoms with Gasteiger partial charge >= 0.3 is 12.3 Å². The molecule has 1 fully saturated rings. The zero-order valence-corrected chi connectivity index (χ0v) is 23.6. The second kappa shape index (κ2) is 16.2. The summed E-state index contributed by atoms with van der Waals surface area (Å²) in [6.07, 6.45) is -9.09. The maximum absolute atomic E-state index is 13.5. The molecule has 1 amide bonds. The Kier molecular flexibility index (Phi) is 13.7. The second-order valence-electron chi connectivity index (χ2n) is 10.3. The molecule has 5 N–H and O–H groups in total. The van der Waals surface area contributed by atoms with Gasteiger partial charge in [0.1, 0.15) is 30.5 Å². The van der Waals surface area contributed by atoms with Crippen LogP contribution in [0.25, 0.3) is 0 Å². The van der Waals surface area contributed by atoms with Crippen LogP contribution in [0.2, 0.25) is 0 Å². The van der Waals surface area contributed by atoms with Crippen molar-refractivity contribution in [3.8, 4) is 5.88 Å². The van der Waals surface area contributed by atoms with Crippen LogP contribution in [0.3, 0.4) is 0 Å². The number of rotatable bonds is 15. The zero-order chi connectivity index (χ0) is 30.6. The summed E-state index contributed by atoms with van der Waals surface area (Å²) in [5.41, 5.74) is -1.87. The van der Waals surface area contributed by atoms with Crippen LogP contribution in [0.1, 0.15) is 46.2 Å². The number of anilines is 1. The highest BCUT2D eigenvalue weighted by Crippen LogP contribution is 2.32. The summed E-state index contributed by atoms with van der Waals surface area (Å²) in [6, 6.07) is -0.410. The Balaban J connectivity index is 1.86. The summed E-state index contributed by atoms with van der Waals surface area (Å²) in [6.45, 7) is 7.32. The van der Waals surface area contributed by atoms with Gasteiger partial charge in [0.25, 0.3) is 0 Å². The highest BCUT2D eigenvalue weighted by molar-refractivity contribution is 5.67.